The lowest BCUT2D eigenvalue weighted by Crippen LogP contribution is -2.16. The number of fused-ring (bicyclic) bond motifs is 1. The van der Waals surface area contributed by atoms with E-state index in [1.165, 1.54) is 45.6 Å². The molecule has 0 aliphatic rings. The summed E-state index contributed by atoms with van der Waals surface area (Å²) in [4.78, 5) is 16.8. The van der Waals surface area contributed by atoms with Crippen molar-refractivity contribution >= 4 is 34.5 Å². The van der Waals surface area contributed by atoms with Crippen LogP contribution in [0.15, 0.2) is 41.4 Å². The molecule has 1 atom stereocenters. The van der Waals surface area contributed by atoms with Gasteiger partial charge in [0, 0.05) is 34.0 Å². The highest BCUT2D eigenvalue weighted by molar-refractivity contribution is 8.04. The molecule has 32 heavy (non-hydrogen) atoms. The second kappa shape index (κ2) is 10.5. The van der Waals surface area contributed by atoms with Crippen LogP contribution in [-0.4, -0.2) is 60.8 Å². The highest BCUT2D eigenvalue weighted by Crippen LogP contribution is 2.39. The Morgan fingerprint density at radius 2 is 1.84 bits per heavy atom. The number of ether oxygens (including phenoxy) is 3. The van der Waals surface area contributed by atoms with Gasteiger partial charge in [-0.1, -0.05) is 0 Å². The normalized spacial score (nSPS) is 12.6. The van der Waals surface area contributed by atoms with Crippen LogP contribution in [0.4, 0.5) is 4.39 Å². The summed E-state index contributed by atoms with van der Waals surface area (Å²) in [6.45, 7) is -0.434. The largest absolute Gasteiger partial charge is 0.493 e. The average Bonchev–Trinajstić information content (AvgIpc) is 3.21. The van der Waals surface area contributed by atoms with E-state index in [-0.39, 0.29) is 22.0 Å². The smallest absolute Gasteiger partial charge is 0.203 e. The predicted octanol–water partition coefficient (Wildman–Crippen LogP) is 3.64. The van der Waals surface area contributed by atoms with Crippen LogP contribution in [0.1, 0.15) is 15.9 Å². The number of carbonyl (C=O) groups is 1. The molecule has 0 aliphatic heterocycles. The first-order valence-corrected chi connectivity index (χ1v) is 10.6. The number of rotatable bonds is 10. The predicted molar refractivity (Wildman–Crippen MR) is 122 cm³/mol. The number of carbonyl (C=O) groups excluding carboxylic acids is 1. The summed E-state index contributed by atoms with van der Waals surface area (Å²) in [5, 5.41) is 19.6. The highest BCUT2D eigenvalue weighted by Gasteiger charge is 2.21. The van der Waals surface area contributed by atoms with Gasteiger partial charge in [-0.05, 0) is 36.4 Å². The number of Topliss-reactive ketones (excluding diaryl/α,β-unsaturated/α-hetero) is 1. The monoisotopic (exact) mass is 461 g/mol. The highest BCUT2D eigenvalue weighted by atomic mass is 32.2. The average molecular weight is 462 g/mol. The molecule has 0 saturated carbocycles. The first-order chi connectivity index (χ1) is 15.4. The molecule has 3 N–H and O–H groups in total. The number of aromatic nitrogens is 1. The van der Waals surface area contributed by atoms with Crippen LogP contribution in [0, 0.1) is 5.82 Å². The van der Waals surface area contributed by atoms with Gasteiger partial charge in [0.05, 0.1) is 38.9 Å². The molecule has 1 unspecified atom stereocenters. The number of aliphatic hydroxyl groups excluding tert-OH is 2. The van der Waals surface area contributed by atoms with Gasteiger partial charge >= 0.3 is 0 Å². The standard InChI is InChI=1S/C23H24FNO6S/c1-29-19-6-13(7-20(30-2)23(19)31-3)22(28)21(32-12-16(27)11-26)8-14-10-25-18-5-4-15(24)9-17(14)18/h4-10,16,25-27H,11-12H2,1-3H3/b21-8+. The summed E-state index contributed by atoms with van der Waals surface area (Å²) < 4.78 is 29.8. The number of halogens is 1. The maximum Gasteiger partial charge on any atom is 0.203 e. The number of ketones is 1. The first-order valence-electron chi connectivity index (χ1n) is 9.66. The van der Waals surface area contributed by atoms with E-state index < -0.39 is 18.5 Å². The number of allylic oxidation sites excluding steroid dienone is 1. The zero-order chi connectivity index (χ0) is 23.3. The van der Waals surface area contributed by atoms with Crippen LogP contribution < -0.4 is 14.2 Å². The molecule has 0 bridgehead atoms. The first kappa shape index (κ1) is 23.6. The molecule has 0 spiro atoms. The van der Waals surface area contributed by atoms with E-state index in [1.54, 1.807) is 18.3 Å². The van der Waals surface area contributed by atoms with Crippen molar-refractivity contribution in [3.63, 3.8) is 0 Å². The number of thioether (sulfide) groups is 1. The molecule has 0 radical (unpaired) electrons. The number of H-pyrrole nitrogens is 1. The topological polar surface area (TPSA) is 101 Å². The van der Waals surface area contributed by atoms with Crippen LogP contribution in [0.25, 0.3) is 17.0 Å². The quantitative estimate of drug-likeness (QED) is 0.313. The van der Waals surface area contributed by atoms with Gasteiger partial charge in [0.1, 0.15) is 5.82 Å². The van der Waals surface area contributed by atoms with Crippen molar-refractivity contribution in [2.45, 2.75) is 6.10 Å². The van der Waals surface area contributed by atoms with Crippen LogP contribution in [-0.2, 0) is 0 Å². The number of hydrogen-bond donors (Lipinski definition) is 3. The molecule has 9 heteroatoms. The van der Waals surface area contributed by atoms with E-state index in [9.17, 15) is 14.3 Å². The Morgan fingerprint density at radius 3 is 2.44 bits per heavy atom. The van der Waals surface area contributed by atoms with Gasteiger partial charge in [-0.2, -0.15) is 0 Å². The summed E-state index contributed by atoms with van der Waals surface area (Å²) >= 11 is 1.09. The maximum atomic E-state index is 13.8. The molecule has 170 valence electrons. The Kier molecular flexibility index (Phi) is 7.79. The molecule has 3 aromatic rings. The molecule has 0 amide bonds. The van der Waals surface area contributed by atoms with Crippen molar-refractivity contribution in [1.82, 2.24) is 4.98 Å². The van der Waals surface area contributed by atoms with E-state index in [1.807, 2.05) is 0 Å². The van der Waals surface area contributed by atoms with Gasteiger partial charge < -0.3 is 29.4 Å². The lowest BCUT2D eigenvalue weighted by molar-refractivity contribution is 0.104. The molecular formula is C23H24FNO6S. The van der Waals surface area contributed by atoms with Gasteiger partial charge in [-0.25, -0.2) is 4.39 Å². The fraction of sp³-hybridized carbons (Fsp3) is 0.261. The van der Waals surface area contributed by atoms with Crippen LogP contribution in [0.5, 0.6) is 17.2 Å². The zero-order valence-electron chi connectivity index (χ0n) is 17.8. The van der Waals surface area contributed by atoms with Crippen LogP contribution in [0.3, 0.4) is 0 Å². The van der Waals surface area contributed by atoms with Crippen molar-refractivity contribution in [2.24, 2.45) is 0 Å². The van der Waals surface area contributed by atoms with Crippen molar-refractivity contribution in [3.05, 3.63) is 58.4 Å². The molecule has 0 aliphatic carbocycles. The van der Waals surface area contributed by atoms with E-state index in [0.717, 1.165) is 17.3 Å². The van der Waals surface area contributed by atoms with Crippen molar-refractivity contribution < 1.29 is 33.6 Å². The number of nitrogens with one attached hydrogen (secondary N) is 1. The number of aromatic amines is 1. The van der Waals surface area contributed by atoms with E-state index >= 15 is 0 Å². The minimum Gasteiger partial charge on any atom is -0.493 e. The van der Waals surface area contributed by atoms with Crippen LogP contribution in [0.2, 0.25) is 0 Å². The van der Waals surface area contributed by atoms with E-state index in [4.69, 9.17) is 19.3 Å². The molecule has 1 heterocycles. The summed E-state index contributed by atoms with van der Waals surface area (Å²) in [6.07, 6.45) is 2.30. The maximum absolute atomic E-state index is 13.8. The van der Waals surface area contributed by atoms with Crippen molar-refractivity contribution in [2.75, 3.05) is 33.7 Å². The summed E-state index contributed by atoms with van der Waals surface area (Å²) in [5.74, 6) is 0.341. The Bertz CT molecular complexity index is 1120. The molecule has 7 nitrogen and oxygen atoms in total. The Hall–Kier alpha value is -3.01. The van der Waals surface area contributed by atoms with Crippen molar-refractivity contribution in [3.8, 4) is 17.2 Å². The Balaban J connectivity index is 2.08. The third-order valence-electron chi connectivity index (χ3n) is 4.76. The second-order valence-electron chi connectivity index (χ2n) is 6.83. The molecular weight excluding hydrogens is 437 g/mol. The summed E-state index contributed by atoms with van der Waals surface area (Å²) in [6, 6.07) is 7.42. The summed E-state index contributed by atoms with van der Waals surface area (Å²) in [7, 11) is 4.37. The molecule has 1 aromatic heterocycles. The molecule has 3 rings (SSSR count). The number of hydrogen-bond acceptors (Lipinski definition) is 7. The Labute approximate surface area is 188 Å². The zero-order valence-corrected chi connectivity index (χ0v) is 18.7. The lowest BCUT2D eigenvalue weighted by atomic mass is 10.1. The van der Waals surface area contributed by atoms with Gasteiger partial charge in [-0.3, -0.25) is 4.79 Å². The molecule has 0 saturated heterocycles. The Morgan fingerprint density at radius 1 is 1.16 bits per heavy atom. The summed E-state index contributed by atoms with van der Waals surface area (Å²) in [5.41, 5.74) is 1.61. The van der Waals surface area contributed by atoms with E-state index in [2.05, 4.69) is 4.98 Å². The van der Waals surface area contributed by atoms with Gasteiger partial charge in [0.15, 0.2) is 17.3 Å². The second-order valence-corrected chi connectivity index (χ2v) is 7.89. The van der Waals surface area contributed by atoms with E-state index in [0.29, 0.717) is 28.2 Å². The van der Waals surface area contributed by atoms with Crippen molar-refractivity contribution in [1.29, 1.82) is 0 Å². The minimum atomic E-state index is -1.00. The minimum absolute atomic E-state index is 0.0925. The third kappa shape index (κ3) is 5.07. The fourth-order valence-corrected chi connectivity index (χ4v) is 4.08. The third-order valence-corrected chi connectivity index (χ3v) is 5.92. The number of benzene rings is 2. The van der Waals surface area contributed by atoms with Gasteiger partial charge in [0.25, 0.3) is 0 Å². The van der Waals surface area contributed by atoms with Gasteiger partial charge in [0.2, 0.25) is 5.75 Å². The fourth-order valence-electron chi connectivity index (χ4n) is 3.14. The van der Waals surface area contributed by atoms with Gasteiger partial charge in [-0.15, -0.1) is 11.8 Å². The number of methoxy groups -OCH3 is 3. The lowest BCUT2D eigenvalue weighted by Gasteiger charge is -2.15. The number of aliphatic hydroxyl groups is 2. The molecule has 2 aromatic carbocycles. The SMILES string of the molecule is COc1cc(C(=O)/C(=C\c2c[nH]c3ccc(F)cc23)SCC(O)CO)cc(OC)c1OC. The van der Waals surface area contributed by atoms with Crippen LogP contribution >= 0.6 is 11.8 Å². The molecule has 0 fully saturated rings.